The molecule has 5 aromatic rings. The number of hydrogen-bond donors (Lipinski definition) is 0. The van der Waals surface area contributed by atoms with Crippen LogP contribution in [-0.4, -0.2) is 9.38 Å². The van der Waals surface area contributed by atoms with Crippen LogP contribution in [0.2, 0.25) is 0 Å². The highest BCUT2D eigenvalue weighted by Gasteiger charge is 2.16. The van der Waals surface area contributed by atoms with Crippen molar-refractivity contribution < 1.29 is 0 Å². The number of para-hydroxylation sites is 1. The lowest BCUT2D eigenvalue weighted by Crippen LogP contribution is -1.98. The first-order valence-corrected chi connectivity index (χ1v) is 8.88. The number of hydrogen-bond acceptors (Lipinski definition) is 1. The predicted molar refractivity (Wildman–Crippen MR) is 107 cm³/mol. The van der Waals surface area contributed by atoms with E-state index in [9.17, 15) is 0 Å². The Balaban J connectivity index is 1.83. The van der Waals surface area contributed by atoms with Gasteiger partial charge in [0.15, 0.2) is 0 Å². The first kappa shape index (κ1) is 14.9. The van der Waals surface area contributed by atoms with Gasteiger partial charge in [0.25, 0.3) is 0 Å². The van der Waals surface area contributed by atoms with Gasteiger partial charge in [0.05, 0.1) is 16.9 Å². The molecule has 0 spiro atoms. The zero-order valence-corrected chi connectivity index (χ0v) is 14.3. The summed E-state index contributed by atoms with van der Waals surface area (Å²) in [5, 5.41) is 1.23. The molecule has 26 heavy (non-hydrogen) atoms. The van der Waals surface area contributed by atoms with E-state index in [1.54, 1.807) is 0 Å². The van der Waals surface area contributed by atoms with Crippen molar-refractivity contribution >= 4 is 16.6 Å². The molecule has 0 aliphatic rings. The molecule has 2 nitrogen and oxygen atoms in total. The molecule has 2 aromatic heterocycles. The first-order valence-electron chi connectivity index (χ1n) is 8.88. The third kappa shape index (κ3) is 2.47. The number of aromatic nitrogens is 2. The van der Waals surface area contributed by atoms with Crippen molar-refractivity contribution in [3.8, 4) is 11.3 Å². The molecule has 0 radical (unpaired) electrons. The third-order valence-electron chi connectivity index (χ3n) is 4.85. The summed E-state index contributed by atoms with van der Waals surface area (Å²) >= 11 is 0. The van der Waals surface area contributed by atoms with Gasteiger partial charge in [0.1, 0.15) is 5.65 Å². The van der Waals surface area contributed by atoms with Crippen molar-refractivity contribution in [1.29, 1.82) is 0 Å². The molecule has 124 valence electrons. The molecule has 0 amide bonds. The Bertz CT molecular complexity index is 1190. The third-order valence-corrected chi connectivity index (χ3v) is 4.85. The second kappa shape index (κ2) is 6.16. The van der Waals surface area contributed by atoms with Gasteiger partial charge in [-0.1, -0.05) is 78.9 Å². The van der Waals surface area contributed by atoms with Crippen molar-refractivity contribution in [1.82, 2.24) is 9.38 Å². The van der Waals surface area contributed by atoms with Crippen LogP contribution in [0.15, 0.2) is 97.1 Å². The number of rotatable bonds is 3. The highest BCUT2D eigenvalue weighted by Crippen LogP contribution is 2.29. The van der Waals surface area contributed by atoms with E-state index in [1.807, 2.05) is 6.07 Å². The number of pyridine rings is 1. The van der Waals surface area contributed by atoms with Crippen LogP contribution in [0, 0.1) is 0 Å². The Morgan fingerprint density at radius 1 is 0.654 bits per heavy atom. The minimum absolute atomic E-state index is 0.847. The maximum absolute atomic E-state index is 4.99. The van der Waals surface area contributed by atoms with Gasteiger partial charge in [-0.25, -0.2) is 4.98 Å². The molecule has 5 rings (SSSR count). The van der Waals surface area contributed by atoms with Crippen LogP contribution in [0.1, 0.15) is 11.3 Å². The van der Waals surface area contributed by atoms with Crippen LogP contribution in [0.3, 0.4) is 0 Å². The molecule has 3 aromatic carbocycles. The van der Waals surface area contributed by atoms with E-state index in [2.05, 4.69) is 95.4 Å². The van der Waals surface area contributed by atoms with E-state index in [1.165, 1.54) is 22.2 Å². The van der Waals surface area contributed by atoms with Gasteiger partial charge in [-0.05, 0) is 29.1 Å². The van der Waals surface area contributed by atoms with Crippen LogP contribution in [0.5, 0.6) is 0 Å². The standard InChI is InChI=1S/C24H18N2/c1-3-9-18(10-4-1)17-22-24(20-12-5-2-6-13-20)25-23-16-15-19-11-7-8-14-21(19)26(22)23/h1-16H,17H2. The summed E-state index contributed by atoms with van der Waals surface area (Å²) in [4.78, 5) is 4.99. The molecule has 2 heteroatoms. The van der Waals surface area contributed by atoms with E-state index in [-0.39, 0.29) is 0 Å². The Kier molecular flexibility index (Phi) is 3.53. The van der Waals surface area contributed by atoms with Gasteiger partial charge < -0.3 is 0 Å². The van der Waals surface area contributed by atoms with E-state index >= 15 is 0 Å². The van der Waals surface area contributed by atoms with Crippen LogP contribution in [-0.2, 0) is 6.42 Å². The topological polar surface area (TPSA) is 17.3 Å². The molecular weight excluding hydrogens is 316 g/mol. The summed E-state index contributed by atoms with van der Waals surface area (Å²) in [6.45, 7) is 0. The Labute approximate surface area is 152 Å². The Morgan fingerprint density at radius 3 is 2.15 bits per heavy atom. The zero-order valence-electron chi connectivity index (χ0n) is 14.3. The summed E-state index contributed by atoms with van der Waals surface area (Å²) in [7, 11) is 0. The molecule has 0 fully saturated rings. The van der Waals surface area contributed by atoms with E-state index < -0.39 is 0 Å². The molecule has 0 aliphatic heterocycles. The molecule has 0 atom stereocenters. The molecule has 0 N–H and O–H groups in total. The van der Waals surface area contributed by atoms with Crippen LogP contribution < -0.4 is 0 Å². The van der Waals surface area contributed by atoms with Crippen molar-refractivity contribution in [2.75, 3.05) is 0 Å². The monoisotopic (exact) mass is 334 g/mol. The quantitative estimate of drug-likeness (QED) is 0.411. The molecule has 0 aliphatic carbocycles. The van der Waals surface area contributed by atoms with Gasteiger partial charge in [-0.2, -0.15) is 0 Å². The van der Waals surface area contributed by atoms with Gasteiger partial charge in [0, 0.05) is 12.0 Å². The van der Waals surface area contributed by atoms with Crippen molar-refractivity contribution in [2.24, 2.45) is 0 Å². The Morgan fingerprint density at radius 2 is 1.35 bits per heavy atom. The van der Waals surface area contributed by atoms with Crippen molar-refractivity contribution in [2.45, 2.75) is 6.42 Å². The second-order valence-electron chi connectivity index (χ2n) is 6.52. The lowest BCUT2D eigenvalue weighted by Gasteiger charge is -2.09. The van der Waals surface area contributed by atoms with E-state index in [0.717, 1.165) is 23.3 Å². The summed E-state index contributed by atoms with van der Waals surface area (Å²) in [5.74, 6) is 0. The van der Waals surface area contributed by atoms with Crippen LogP contribution in [0.25, 0.3) is 27.8 Å². The van der Waals surface area contributed by atoms with Crippen LogP contribution >= 0.6 is 0 Å². The first-order chi connectivity index (χ1) is 12.9. The van der Waals surface area contributed by atoms with E-state index in [0.29, 0.717) is 0 Å². The van der Waals surface area contributed by atoms with Gasteiger partial charge >= 0.3 is 0 Å². The molecule has 0 unspecified atom stereocenters. The molecule has 2 heterocycles. The average Bonchev–Trinajstić information content (AvgIpc) is 3.08. The number of nitrogens with zero attached hydrogens (tertiary/aromatic N) is 2. The fourth-order valence-electron chi connectivity index (χ4n) is 3.63. The SMILES string of the molecule is c1ccc(Cc2c(-c3ccccc3)nc3ccc4ccccc4n23)cc1. The van der Waals surface area contributed by atoms with Crippen molar-refractivity contribution in [3.63, 3.8) is 0 Å². The van der Waals surface area contributed by atoms with Crippen LogP contribution in [0.4, 0.5) is 0 Å². The number of benzene rings is 3. The fraction of sp³-hybridized carbons (Fsp3) is 0.0417. The summed E-state index contributed by atoms with van der Waals surface area (Å²) in [6, 6.07) is 33.9. The smallest absolute Gasteiger partial charge is 0.138 e. The van der Waals surface area contributed by atoms with Gasteiger partial charge in [-0.3, -0.25) is 4.40 Å². The summed E-state index contributed by atoms with van der Waals surface area (Å²) in [5.41, 5.74) is 6.93. The summed E-state index contributed by atoms with van der Waals surface area (Å²) in [6.07, 6.45) is 0.847. The highest BCUT2D eigenvalue weighted by molar-refractivity contribution is 5.84. The average molecular weight is 334 g/mol. The second-order valence-corrected chi connectivity index (χ2v) is 6.52. The lowest BCUT2D eigenvalue weighted by molar-refractivity contribution is 1.06. The van der Waals surface area contributed by atoms with Gasteiger partial charge in [-0.15, -0.1) is 0 Å². The normalized spacial score (nSPS) is 11.2. The summed E-state index contributed by atoms with van der Waals surface area (Å²) < 4.78 is 2.31. The molecule has 0 bridgehead atoms. The number of fused-ring (bicyclic) bond motifs is 3. The minimum atomic E-state index is 0.847. The van der Waals surface area contributed by atoms with Crippen molar-refractivity contribution in [3.05, 3.63) is 108 Å². The number of imidazole rings is 1. The van der Waals surface area contributed by atoms with E-state index in [4.69, 9.17) is 4.98 Å². The minimum Gasteiger partial charge on any atom is -0.296 e. The maximum atomic E-state index is 4.99. The lowest BCUT2D eigenvalue weighted by atomic mass is 10.0. The molecular formula is C24H18N2. The molecule has 0 saturated carbocycles. The fourth-order valence-corrected chi connectivity index (χ4v) is 3.63. The van der Waals surface area contributed by atoms with Gasteiger partial charge in [0.2, 0.25) is 0 Å². The Hall–Kier alpha value is -3.39. The molecule has 0 saturated heterocycles. The largest absolute Gasteiger partial charge is 0.296 e. The predicted octanol–water partition coefficient (Wildman–Crippen LogP) is 5.75. The maximum Gasteiger partial charge on any atom is 0.138 e. The highest BCUT2D eigenvalue weighted by atomic mass is 15.0. The zero-order chi connectivity index (χ0) is 17.3.